The highest BCUT2D eigenvalue weighted by Crippen LogP contribution is 2.31. The lowest BCUT2D eigenvalue weighted by atomic mass is 9.84. The SMILES string of the molecule is CCCCCCCOc1ccc(CCC(C)(C(=O)O)C(=O)OC)cc1OC. The number of carbonyl (C=O) groups is 2. The Balaban J connectivity index is 2.68. The first-order valence-corrected chi connectivity index (χ1v) is 9.50. The maximum absolute atomic E-state index is 11.8. The number of ether oxygens (including phenoxy) is 3. The molecule has 1 aromatic rings. The highest BCUT2D eigenvalue weighted by atomic mass is 16.5. The molecule has 0 saturated heterocycles. The minimum atomic E-state index is -1.57. The fourth-order valence-corrected chi connectivity index (χ4v) is 2.79. The molecule has 1 rings (SSSR count). The summed E-state index contributed by atoms with van der Waals surface area (Å²) in [5, 5.41) is 9.39. The van der Waals surface area contributed by atoms with Crippen molar-refractivity contribution in [3.8, 4) is 11.5 Å². The van der Waals surface area contributed by atoms with Gasteiger partial charge in [0.25, 0.3) is 0 Å². The number of hydrogen-bond acceptors (Lipinski definition) is 5. The van der Waals surface area contributed by atoms with E-state index in [1.807, 2.05) is 18.2 Å². The Kier molecular flexibility index (Phi) is 9.68. The van der Waals surface area contributed by atoms with E-state index in [-0.39, 0.29) is 6.42 Å². The van der Waals surface area contributed by atoms with Gasteiger partial charge in [0.05, 0.1) is 20.8 Å². The molecule has 6 nitrogen and oxygen atoms in total. The standard InChI is InChI=1S/C21H32O6/c1-5-6-7-8-9-14-27-17-11-10-16(15-18(17)25-3)12-13-21(2,19(22)23)20(24)26-4/h10-11,15H,5-9,12-14H2,1-4H3,(H,22,23). The van der Waals surface area contributed by atoms with Crippen LogP contribution in [0.1, 0.15) is 57.9 Å². The summed E-state index contributed by atoms with van der Waals surface area (Å²) in [4.78, 5) is 23.3. The summed E-state index contributed by atoms with van der Waals surface area (Å²) >= 11 is 0. The molecule has 0 amide bonds. The van der Waals surface area contributed by atoms with Crippen molar-refractivity contribution in [1.29, 1.82) is 0 Å². The highest BCUT2D eigenvalue weighted by Gasteiger charge is 2.42. The smallest absolute Gasteiger partial charge is 0.322 e. The van der Waals surface area contributed by atoms with Crippen LogP contribution in [-0.4, -0.2) is 37.9 Å². The maximum atomic E-state index is 11.8. The summed E-state index contributed by atoms with van der Waals surface area (Å²) in [7, 11) is 2.77. The van der Waals surface area contributed by atoms with Crippen LogP contribution in [-0.2, 0) is 20.7 Å². The number of methoxy groups -OCH3 is 2. The van der Waals surface area contributed by atoms with E-state index in [0.29, 0.717) is 24.5 Å². The number of carbonyl (C=O) groups excluding carboxylic acids is 1. The van der Waals surface area contributed by atoms with Crippen molar-refractivity contribution in [3.63, 3.8) is 0 Å². The van der Waals surface area contributed by atoms with Gasteiger partial charge >= 0.3 is 11.9 Å². The fraction of sp³-hybridized carbons (Fsp3) is 0.619. The summed E-state index contributed by atoms with van der Waals surface area (Å²) in [6.45, 7) is 4.21. The number of carboxylic acid groups (broad SMARTS) is 1. The zero-order valence-electron chi connectivity index (χ0n) is 16.9. The van der Waals surface area contributed by atoms with Crippen LogP contribution in [0.15, 0.2) is 18.2 Å². The lowest BCUT2D eigenvalue weighted by molar-refractivity contribution is -0.166. The van der Waals surface area contributed by atoms with E-state index in [9.17, 15) is 14.7 Å². The lowest BCUT2D eigenvalue weighted by Crippen LogP contribution is -2.37. The van der Waals surface area contributed by atoms with Crippen LogP contribution >= 0.6 is 0 Å². The van der Waals surface area contributed by atoms with Gasteiger partial charge in [-0.05, 0) is 43.9 Å². The van der Waals surface area contributed by atoms with Gasteiger partial charge in [0, 0.05) is 0 Å². The highest BCUT2D eigenvalue weighted by molar-refractivity contribution is 5.98. The zero-order valence-corrected chi connectivity index (χ0v) is 16.9. The predicted octanol–water partition coefficient (Wildman–Crippen LogP) is 4.24. The topological polar surface area (TPSA) is 82.1 Å². The van der Waals surface area contributed by atoms with Gasteiger partial charge in [-0.25, -0.2) is 0 Å². The quantitative estimate of drug-likeness (QED) is 0.313. The summed E-state index contributed by atoms with van der Waals surface area (Å²) in [5.41, 5.74) is -0.700. The average molecular weight is 380 g/mol. The Morgan fingerprint density at radius 2 is 1.78 bits per heavy atom. The van der Waals surface area contributed by atoms with E-state index in [4.69, 9.17) is 9.47 Å². The molecule has 0 saturated carbocycles. The number of benzene rings is 1. The number of esters is 1. The van der Waals surface area contributed by atoms with E-state index in [1.165, 1.54) is 33.3 Å². The van der Waals surface area contributed by atoms with Crippen molar-refractivity contribution in [3.05, 3.63) is 23.8 Å². The summed E-state index contributed by atoms with van der Waals surface area (Å²) in [5.74, 6) is -0.656. The molecule has 0 fully saturated rings. The van der Waals surface area contributed by atoms with Crippen LogP contribution in [0.4, 0.5) is 0 Å². The second-order valence-corrected chi connectivity index (χ2v) is 6.88. The first-order valence-electron chi connectivity index (χ1n) is 9.50. The van der Waals surface area contributed by atoms with Gasteiger partial charge in [0.15, 0.2) is 16.9 Å². The zero-order chi connectivity index (χ0) is 20.3. The second kappa shape index (κ2) is 11.5. The van der Waals surface area contributed by atoms with Crippen LogP contribution < -0.4 is 9.47 Å². The minimum absolute atomic E-state index is 0.135. The molecule has 0 radical (unpaired) electrons. The van der Waals surface area contributed by atoms with E-state index in [1.54, 1.807) is 7.11 Å². The number of carboxylic acids is 1. The molecular weight excluding hydrogens is 348 g/mol. The van der Waals surface area contributed by atoms with E-state index < -0.39 is 17.4 Å². The van der Waals surface area contributed by atoms with Gasteiger partial charge in [-0.15, -0.1) is 0 Å². The molecule has 0 aliphatic rings. The lowest BCUT2D eigenvalue weighted by Gasteiger charge is -2.21. The third kappa shape index (κ3) is 6.77. The Morgan fingerprint density at radius 3 is 2.37 bits per heavy atom. The van der Waals surface area contributed by atoms with Gasteiger partial charge in [0.2, 0.25) is 0 Å². The monoisotopic (exact) mass is 380 g/mol. The van der Waals surface area contributed by atoms with Gasteiger partial charge in [0.1, 0.15) is 0 Å². The number of rotatable bonds is 13. The van der Waals surface area contributed by atoms with Crippen LogP contribution in [0.5, 0.6) is 11.5 Å². The molecule has 152 valence electrons. The van der Waals surface area contributed by atoms with Crippen molar-refractivity contribution in [2.75, 3.05) is 20.8 Å². The molecule has 0 bridgehead atoms. The second-order valence-electron chi connectivity index (χ2n) is 6.88. The van der Waals surface area contributed by atoms with Gasteiger partial charge < -0.3 is 19.3 Å². The van der Waals surface area contributed by atoms with Crippen molar-refractivity contribution < 1.29 is 28.9 Å². The number of hydrogen-bond donors (Lipinski definition) is 1. The number of aryl methyl sites for hydroxylation is 1. The molecule has 6 heteroatoms. The first-order chi connectivity index (χ1) is 12.9. The summed E-state index contributed by atoms with van der Waals surface area (Å²) in [6, 6.07) is 5.52. The molecular formula is C21H32O6. The molecule has 0 aromatic heterocycles. The molecule has 27 heavy (non-hydrogen) atoms. The Bertz CT molecular complexity index is 613. The van der Waals surface area contributed by atoms with Crippen LogP contribution in [0.2, 0.25) is 0 Å². The number of unbranched alkanes of at least 4 members (excludes halogenated alkanes) is 4. The van der Waals surface area contributed by atoms with Crippen LogP contribution in [0, 0.1) is 5.41 Å². The van der Waals surface area contributed by atoms with Crippen LogP contribution in [0.25, 0.3) is 0 Å². The maximum Gasteiger partial charge on any atom is 0.322 e. The Labute approximate surface area is 161 Å². The minimum Gasteiger partial charge on any atom is -0.493 e. The molecule has 1 N–H and O–H groups in total. The molecule has 0 aliphatic carbocycles. The van der Waals surface area contributed by atoms with E-state index in [0.717, 1.165) is 18.4 Å². The fourth-order valence-electron chi connectivity index (χ4n) is 2.79. The first kappa shape index (κ1) is 22.8. The third-order valence-corrected chi connectivity index (χ3v) is 4.76. The summed E-state index contributed by atoms with van der Waals surface area (Å²) in [6.07, 6.45) is 6.38. The molecule has 0 spiro atoms. The molecule has 1 unspecified atom stereocenters. The molecule has 0 aliphatic heterocycles. The largest absolute Gasteiger partial charge is 0.493 e. The Morgan fingerprint density at radius 1 is 1.07 bits per heavy atom. The Hall–Kier alpha value is -2.24. The van der Waals surface area contributed by atoms with E-state index in [2.05, 4.69) is 11.7 Å². The third-order valence-electron chi connectivity index (χ3n) is 4.76. The molecule has 0 heterocycles. The van der Waals surface area contributed by atoms with Gasteiger partial charge in [-0.3, -0.25) is 9.59 Å². The van der Waals surface area contributed by atoms with Crippen molar-refractivity contribution in [2.45, 2.75) is 58.8 Å². The van der Waals surface area contributed by atoms with Crippen molar-refractivity contribution in [1.82, 2.24) is 0 Å². The van der Waals surface area contributed by atoms with Crippen LogP contribution in [0.3, 0.4) is 0 Å². The average Bonchev–Trinajstić information content (AvgIpc) is 2.68. The van der Waals surface area contributed by atoms with E-state index >= 15 is 0 Å². The molecule has 1 aromatic carbocycles. The summed E-state index contributed by atoms with van der Waals surface area (Å²) < 4.78 is 15.8. The van der Waals surface area contributed by atoms with Gasteiger partial charge in [-0.2, -0.15) is 0 Å². The normalized spacial score (nSPS) is 12.9. The molecule has 1 atom stereocenters. The predicted molar refractivity (Wildman–Crippen MR) is 103 cm³/mol. The number of aliphatic carboxylic acids is 1. The van der Waals surface area contributed by atoms with Crippen molar-refractivity contribution >= 4 is 11.9 Å². The van der Waals surface area contributed by atoms with Crippen molar-refractivity contribution in [2.24, 2.45) is 5.41 Å². The van der Waals surface area contributed by atoms with Gasteiger partial charge in [-0.1, -0.05) is 38.7 Å².